The summed E-state index contributed by atoms with van der Waals surface area (Å²) in [6, 6.07) is 4.88. The van der Waals surface area contributed by atoms with Gasteiger partial charge in [0.15, 0.2) is 5.65 Å². The van der Waals surface area contributed by atoms with Gasteiger partial charge in [-0.3, -0.25) is 9.36 Å². The molecule has 7 heteroatoms. The third-order valence-electron chi connectivity index (χ3n) is 4.63. The molecule has 4 rings (SSSR count). The first-order valence-corrected chi connectivity index (χ1v) is 8.39. The van der Waals surface area contributed by atoms with Gasteiger partial charge in [-0.05, 0) is 43.5 Å². The molecule has 2 heterocycles. The fourth-order valence-corrected chi connectivity index (χ4v) is 3.35. The number of aromatic nitrogens is 4. The molecule has 0 amide bonds. The van der Waals surface area contributed by atoms with Crippen LogP contribution in [0.15, 0.2) is 35.4 Å². The maximum absolute atomic E-state index is 13.4. The van der Waals surface area contributed by atoms with E-state index in [1.165, 1.54) is 12.3 Å². The topological polar surface area (TPSA) is 72.7 Å². The van der Waals surface area contributed by atoms with Crippen molar-refractivity contribution < 1.29 is 4.39 Å². The number of rotatable bonds is 3. The first-order chi connectivity index (χ1) is 12.1. The molecular formula is C18H18FN5O. The number of nitrogens with zero attached hydrogens (tertiary/aromatic N) is 4. The predicted molar refractivity (Wildman–Crippen MR) is 93.5 cm³/mol. The standard InChI is InChI=1S/C18H18FN5O/c1-11-8-12(6-7-14(11)19)22-18-21-9-15-17(23-18)24(16(25)10-20-15)13-4-2-3-5-13/h6-10,13H,2-5H2,1H3,(H,21,22,23). The minimum atomic E-state index is -0.260. The van der Waals surface area contributed by atoms with Crippen LogP contribution in [-0.2, 0) is 0 Å². The van der Waals surface area contributed by atoms with Gasteiger partial charge in [-0.25, -0.2) is 14.4 Å². The third kappa shape index (κ3) is 2.97. The van der Waals surface area contributed by atoms with Crippen molar-refractivity contribution in [1.82, 2.24) is 19.5 Å². The van der Waals surface area contributed by atoms with Crippen molar-refractivity contribution in [1.29, 1.82) is 0 Å². The number of hydrogen-bond donors (Lipinski definition) is 1. The monoisotopic (exact) mass is 339 g/mol. The van der Waals surface area contributed by atoms with Crippen LogP contribution in [0.2, 0.25) is 0 Å². The van der Waals surface area contributed by atoms with Crippen molar-refractivity contribution in [3.05, 3.63) is 52.3 Å². The Balaban J connectivity index is 1.77. The zero-order valence-electron chi connectivity index (χ0n) is 13.9. The molecule has 0 bridgehead atoms. The minimum absolute atomic E-state index is 0.137. The molecule has 1 fully saturated rings. The lowest BCUT2D eigenvalue weighted by Crippen LogP contribution is -2.24. The van der Waals surface area contributed by atoms with Crippen LogP contribution in [-0.4, -0.2) is 19.5 Å². The van der Waals surface area contributed by atoms with E-state index in [1.54, 1.807) is 29.8 Å². The van der Waals surface area contributed by atoms with E-state index >= 15 is 0 Å². The van der Waals surface area contributed by atoms with E-state index in [0.717, 1.165) is 25.7 Å². The van der Waals surface area contributed by atoms with E-state index in [-0.39, 0.29) is 17.4 Å². The van der Waals surface area contributed by atoms with Gasteiger partial charge < -0.3 is 5.32 Å². The maximum Gasteiger partial charge on any atom is 0.270 e. The molecular weight excluding hydrogens is 321 g/mol. The van der Waals surface area contributed by atoms with Gasteiger partial charge >= 0.3 is 0 Å². The van der Waals surface area contributed by atoms with Gasteiger partial charge in [-0.1, -0.05) is 12.8 Å². The van der Waals surface area contributed by atoms with Gasteiger partial charge in [0.1, 0.15) is 11.3 Å². The van der Waals surface area contributed by atoms with Crippen LogP contribution in [0.25, 0.3) is 11.2 Å². The predicted octanol–water partition coefficient (Wildman–Crippen LogP) is 3.49. The van der Waals surface area contributed by atoms with E-state index < -0.39 is 0 Å². The van der Waals surface area contributed by atoms with Gasteiger partial charge in [0.25, 0.3) is 5.56 Å². The highest BCUT2D eigenvalue weighted by Crippen LogP contribution is 2.30. The zero-order chi connectivity index (χ0) is 17.4. The quantitative estimate of drug-likeness (QED) is 0.791. The molecule has 6 nitrogen and oxygen atoms in total. The molecule has 1 aromatic carbocycles. The first-order valence-electron chi connectivity index (χ1n) is 8.39. The van der Waals surface area contributed by atoms with Crippen molar-refractivity contribution in [2.75, 3.05) is 5.32 Å². The molecule has 0 saturated heterocycles. The summed E-state index contributed by atoms with van der Waals surface area (Å²) in [7, 11) is 0. The van der Waals surface area contributed by atoms with Crippen molar-refractivity contribution in [3.63, 3.8) is 0 Å². The fraction of sp³-hybridized carbons (Fsp3) is 0.333. The Bertz CT molecular complexity index is 994. The second kappa shape index (κ2) is 6.23. The Hall–Kier alpha value is -2.83. The summed E-state index contributed by atoms with van der Waals surface area (Å²) in [5.41, 5.74) is 2.22. The van der Waals surface area contributed by atoms with Gasteiger partial charge in [0.05, 0.1) is 12.4 Å². The summed E-state index contributed by atoms with van der Waals surface area (Å²) in [5.74, 6) is 0.0990. The zero-order valence-corrected chi connectivity index (χ0v) is 13.9. The lowest BCUT2D eigenvalue weighted by molar-refractivity contribution is 0.514. The van der Waals surface area contributed by atoms with E-state index in [2.05, 4.69) is 20.3 Å². The Kier molecular flexibility index (Phi) is 3.91. The number of benzene rings is 1. The largest absolute Gasteiger partial charge is 0.324 e. The van der Waals surface area contributed by atoms with Crippen LogP contribution < -0.4 is 10.9 Å². The van der Waals surface area contributed by atoms with E-state index in [0.29, 0.717) is 28.4 Å². The summed E-state index contributed by atoms with van der Waals surface area (Å²) in [4.78, 5) is 25.3. The molecule has 2 aromatic heterocycles. The second-order valence-corrected chi connectivity index (χ2v) is 6.40. The molecule has 1 N–H and O–H groups in total. The number of aryl methyl sites for hydroxylation is 1. The first kappa shape index (κ1) is 15.7. The molecule has 0 unspecified atom stereocenters. The number of anilines is 2. The molecule has 128 valence electrons. The molecule has 0 atom stereocenters. The van der Waals surface area contributed by atoms with Crippen molar-refractivity contribution in [2.24, 2.45) is 0 Å². The lowest BCUT2D eigenvalue weighted by Gasteiger charge is -2.15. The normalized spacial score (nSPS) is 15.0. The fourth-order valence-electron chi connectivity index (χ4n) is 3.35. The number of nitrogens with one attached hydrogen (secondary N) is 1. The highest BCUT2D eigenvalue weighted by Gasteiger charge is 2.21. The van der Waals surface area contributed by atoms with Gasteiger partial charge in [-0.2, -0.15) is 4.98 Å². The highest BCUT2D eigenvalue weighted by atomic mass is 19.1. The summed E-state index contributed by atoms with van der Waals surface area (Å²) in [5, 5.41) is 3.07. The van der Waals surface area contributed by atoms with Crippen molar-refractivity contribution in [2.45, 2.75) is 38.6 Å². The van der Waals surface area contributed by atoms with E-state index in [1.807, 2.05) is 0 Å². The molecule has 1 aliphatic carbocycles. The highest BCUT2D eigenvalue weighted by molar-refractivity contribution is 5.71. The van der Waals surface area contributed by atoms with Gasteiger partial charge in [-0.15, -0.1) is 0 Å². The second-order valence-electron chi connectivity index (χ2n) is 6.40. The van der Waals surface area contributed by atoms with Crippen LogP contribution in [0.5, 0.6) is 0 Å². The maximum atomic E-state index is 13.4. The third-order valence-corrected chi connectivity index (χ3v) is 4.63. The Labute approximate surface area is 143 Å². The molecule has 0 spiro atoms. The van der Waals surface area contributed by atoms with Crippen molar-refractivity contribution in [3.8, 4) is 0 Å². The van der Waals surface area contributed by atoms with E-state index in [9.17, 15) is 9.18 Å². The van der Waals surface area contributed by atoms with Crippen LogP contribution >= 0.6 is 0 Å². The summed E-state index contributed by atoms with van der Waals surface area (Å²) in [6.07, 6.45) is 7.12. The average molecular weight is 339 g/mol. The lowest BCUT2D eigenvalue weighted by atomic mass is 10.2. The van der Waals surface area contributed by atoms with Crippen LogP contribution in [0.1, 0.15) is 37.3 Å². The SMILES string of the molecule is Cc1cc(Nc2ncc3ncc(=O)n(C4CCCC4)c3n2)ccc1F. The van der Waals surface area contributed by atoms with Crippen LogP contribution in [0, 0.1) is 12.7 Å². The number of hydrogen-bond acceptors (Lipinski definition) is 5. The summed E-state index contributed by atoms with van der Waals surface area (Å²) in [6.45, 7) is 1.70. The van der Waals surface area contributed by atoms with Crippen LogP contribution in [0.3, 0.4) is 0 Å². The summed E-state index contributed by atoms with van der Waals surface area (Å²) < 4.78 is 15.1. The molecule has 1 aliphatic rings. The molecule has 1 saturated carbocycles. The number of fused-ring (bicyclic) bond motifs is 1. The molecule has 0 radical (unpaired) electrons. The average Bonchev–Trinajstić information content (AvgIpc) is 3.12. The smallest absolute Gasteiger partial charge is 0.270 e. The Morgan fingerprint density at radius 3 is 2.76 bits per heavy atom. The minimum Gasteiger partial charge on any atom is -0.324 e. The van der Waals surface area contributed by atoms with E-state index in [4.69, 9.17) is 0 Å². The Morgan fingerprint density at radius 1 is 1.20 bits per heavy atom. The molecule has 25 heavy (non-hydrogen) atoms. The van der Waals surface area contributed by atoms with Gasteiger partial charge in [0.2, 0.25) is 5.95 Å². The van der Waals surface area contributed by atoms with Gasteiger partial charge in [0, 0.05) is 11.7 Å². The summed E-state index contributed by atoms with van der Waals surface area (Å²) >= 11 is 0. The van der Waals surface area contributed by atoms with Crippen molar-refractivity contribution >= 4 is 22.8 Å². The molecule has 3 aromatic rings. The van der Waals surface area contributed by atoms with Crippen LogP contribution in [0.4, 0.5) is 16.0 Å². The number of halogens is 1. The Morgan fingerprint density at radius 2 is 2.00 bits per heavy atom. The molecule has 0 aliphatic heterocycles.